The molecule has 10 heteroatoms. The van der Waals surface area contributed by atoms with Crippen LogP contribution in [0.1, 0.15) is 25.1 Å². The van der Waals surface area contributed by atoms with Crippen LogP contribution in [0.4, 0.5) is 10.7 Å². The van der Waals surface area contributed by atoms with Crippen LogP contribution in [0.15, 0.2) is 12.1 Å². The number of nitrogens with zero attached hydrogens (tertiary/aromatic N) is 3. The number of halogens is 2. The van der Waals surface area contributed by atoms with E-state index in [2.05, 4.69) is 15.3 Å². The van der Waals surface area contributed by atoms with Gasteiger partial charge in [0.15, 0.2) is 0 Å². The van der Waals surface area contributed by atoms with Gasteiger partial charge < -0.3 is 20.7 Å². The Morgan fingerprint density at radius 2 is 2.14 bits per heavy atom. The minimum Gasteiger partial charge on any atom is -0.493 e. The van der Waals surface area contributed by atoms with Gasteiger partial charge in [-0.2, -0.15) is 0 Å². The first-order valence-electron chi connectivity index (χ1n) is 8.79. The Morgan fingerprint density at radius 3 is 2.82 bits per heavy atom. The van der Waals surface area contributed by atoms with E-state index in [-0.39, 0.29) is 18.0 Å². The summed E-state index contributed by atoms with van der Waals surface area (Å²) in [7, 11) is 5.99. The first kappa shape index (κ1) is 20.5. The number of carbonyl (C=O) groups excluding carboxylic acids is 1. The normalized spacial score (nSPS) is 13.0. The van der Waals surface area contributed by atoms with Crippen molar-refractivity contribution in [2.75, 3.05) is 18.2 Å². The van der Waals surface area contributed by atoms with Crippen LogP contribution in [0.2, 0.25) is 5.02 Å². The lowest BCUT2D eigenvalue weighted by atomic mass is 9.92. The monoisotopic (exact) mass is 419 g/mol. The largest absolute Gasteiger partial charge is 0.493 e. The van der Waals surface area contributed by atoms with Crippen molar-refractivity contribution in [3.8, 4) is 17.0 Å². The summed E-state index contributed by atoms with van der Waals surface area (Å²) in [6.45, 7) is 4.81. The number of hydrogen-bond donors (Lipinski definition) is 2. The molecule has 2 amide bonds. The number of ether oxygens (including phenoxy) is 1. The maximum absolute atomic E-state index is 12.4. The molecule has 0 unspecified atom stereocenters. The molecule has 1 aliphatic rings. The Bertz CT molecular complexity index is 910. The van der Waals surface area contributed by atoms with Crippen LogP contribution in [0.5, 0.6) is 5.75 Å². The topological polar surface area (TPSA) is 93.4 Å². The highest BCUT2D eigenvalue weighted by atomic mass is 35.5. The molecule has 7 nitrogen and oxygen atoms in total. The standard InChI is InChI=1S/C18H20BCl2N5O2/c1-9(2)23-18(27)26-7-11-14(8-26)24-17(22)25-16(11)10-5-15(28-4-3-20)12(19)6-13(10)21/h5-6,9H,3-4,7-8H2,1-2H3,(H,23,27)(H2,22,24,25). The van der Waals surface area contributed by atoms with Crippen molar-refractivity contribution in [2.45, 2.75) is 33.0 Å². The van der Waals surface area contributed by atoms with Crippen molar-refractivity contribution >= 4 is 48.5 Å². The fourth-order valence-electron chi connectivity index (χ4n) is 3.00. The number of fused-ring (bicyclic) bond motifs is 1. The highest BCUT2D eigenvalue weighted by molar-refractivity contribution is 6.39. The van der Waals surface area contributed by atoms with Crippen molar-refractivity contribution in [3.05, 3.63) is 28.4 Å². The molecule has 0 atom stereocenters. The Hall–Kier alpha value is -2.19. The second kappa shape index (κ2) is 8.45. The highest BCUT2D eigenvalue weighted by Crippen LogP contribution is 2.36. The maximum atomic E-state index is 12.4. The average molecular weight is 420 g/mol. The fraction of sp³-hybridized carbons (Fsp3) is 0.389. The summed E-state index contributed by atoms with van der Waals surface area (Å²) in [5, 5.41) is 3.28. The van der Waals surface area contributed by atoms with Crippen LogP contribution in [0.25, 0.3) is 11.3 Å². The summed E-state index contributed by atoms with van der Waals surface area (Å²) in [4.78, 5) is 22.7. The lowest BCUT2D eigenvalue weighted by molar-refractivity contribution is 0.195. The highest BCUT2D eigenvalue weighted by Gasteiger charge is 2.29. The molecule has 0 bridgehead atoms. The van der Waals surface area contributed by atoms with Gasteiger partial charge in [-0.3, -0.25) is 0 Å². The van der Waals surface area contributed by atoms with Crippen molar-refractivity contribution in [2.24, 2.45) is 0 Å². The van der Waals surface area contributed by atoms with Gasteiger partial charge >= 0.3 is 6.03 Å². The van der Waals surface area contributed by atoms with Gasteiger partial charge in [0.25, 0.3) is 0 Å². The van der Waals surface area contributed by atoms with E-state index in [1.165, 1.54) is 0 Å². The quantitative estimate of drug-likeness (QED) is 0.572. The average Bonchev–Trinajstić information content (AvgIpc) is 3.04. The van der Waals surface area contributed by atoms with Crippen molar-refractivity contribution in [3.63, 3.8) is 0 Å². The van der Waals surface area contributed by atoms with Crippen LogP contribution < -0.4 is 21.3 Å². The zero-order valence-corrected chi connectivity index (χ0v) is 17.1. The molecular weight excluding hydrogens is 400 g/mol. The Labute approximate surface area is 175 Å². The number of alkyl halides is 1. The number of anilines is 1. The predicted molar refractivity (Wildman–Crippen MR) is 111 cm³/mol. The van der Waals surface area contributed by atoms with E-state index in [9.17, 15) is 4.79 Å². The van der Waals surface area contributed by atoms with Crippen LogP contribution in [-0.2, 0) is 13.1 Å². The molecule has 2 heterocycles. The van der Waals surface area contributed by atoms with E-state index in [0.29, 0.717) is 58.8 Å². The van der Waals surface area contributed by atoms with Gasteiger partial charge in [-0.1, -0.05) is 17.1 Å². The molecule has 0 spiro atoms. The number of nitrogen functional groups attached to an aromatic ring is 1. The molecule has 1 aliphatic heterocycles. The number of amides is 2. The van der Waals surface area contributed by atoms with Crippen molar-refractivity contribution in [1.82, 2.24) is 20.2 Å². The van der Waals surface area contributed by atoms with Gasteiger partial charge in [-0.15, -0.1) is 11.6 Å². The van der Waals surface area contributed by atoms with E-state index in [1.807, 2.05) is 13.8 Å². The molecule has 0 aliphatic carbocycles. The van der Waals surface area contributed by atoms with Crippen molar-refractivity contribution < 1.29 is 9.53 Å². The van der Waals surface area contributed by atoms with Gasteiger partial charge in [-0.05, 0) is 26.0 Å². The second-order valence-corrected chi connectivity index (χ2v) is 7.51. The van der Waals surface area contributed by atoms with E-state index >= 15 is 0 Å². The van der Waals surface area contributed by atoms with Gasteiger partial charge in [0.05, 0.1) is 30.4 Å². The molecule has 0 fully saturated rings. The first-order valence-corrected chi connectivity index (χ1v) is 9.70. The molecule has 0 saturated carbocycles. The minimum atomic E-state index is -0.174. The maximum Gasteiger partial charge on any atom is 0.318 e. The SMILES string of the molecule is [B]c1cc(Cl)c(-c2nc(N)nc3c2CN(C(=O)NC(C)C)C3)cc1OCCCl. The molecule has 2 radical (unpaired) electrons. The van der Waals surface area contributed by atoms with Crippen molar-refractivity contribution in [1.29, 1.82) is 0 Å². The fourth-order valence-corrected chi connectivity index (χ4v) is 3.34. The van der Waals surface area contributed by atoms with Crippen LogP contribution in [0.3, 0.4) is 0 Å². The third-order valence-corrected chi connectivity index (χ3v) is 4.66. The zero-order chi connectivity index (χ0) is 20.4. The van der Waals surface area contributed by atoms with Gasteiger partial charge in [0.1, 0.15) is 20.2 Å². The zero-order valence-electron chi connectivity index (χ0n) is 15.6. The molecule has 1 aromatic heterocycles. The summed E-state index contributed by atoms with van der Waals surface area (Å²) in [5.74, 6) is 0.891. The molecule has 28 heavy (non-hydrogen) atoms. The van der Waals surface area contributed by atoms with E-state index in [0.717, 1.165) is 5.56 Å². The van der Waals surface area contributed by atoms with E-state index in [1.54, 1.807) is 17.0 Å². The number of urea groups is 1. The van der Waals surface area contributed by atoms with Crippen LogP contribution >= 0.6 is 23.2 Å². The Kier molecular flexibility index (Phi) is 6.20. The van der Waals surface area contributed by atoms with Gasteiger partial charge in [-0.25, -0.2) is 14.8 Å². The Balaban J connectivity index is 2.01. The van der Waals surface area contributed by atoms with E-state index in [4.69, 9.17) is 41.5 Å². The smallest absolute Gasteiger partial charge is 0.318 e. The third kappa shape index (κ3) is 4.28. The number of aromatic nitrogens is 2. The summed E-state index contributed by atoms with van der Waals surface area (Å²) in [6, 6.07) is 3.17. The van der Waals surface area contributed by atoms with E-state index < -0.39 is 0 Å². The summed E-state index contributed by atoms with van der Waals surface area (Å²) in [5.41, 5.74) is 8.96. The lowest BCUT2D eigenvalue weighted by Gasteiger charge is -2.18. The number of nitrogens with one attached hydrogen (secondary N) is 1. The second-order valence-electron chi connectivity index (χ2n) is 6.72. The predicted octanol–water partition coefficient (Wildman–Crippen LogP) is 2.22. The molecule has 1 aromatic carbocycles. The molecule has 2 aromatic rings. The molecular formula is C18H20BCl2N5O2. The number of benzene rings is 1. The number of hydrogen-bond acceptors (Lipinski definition) is 5. The van der Waals surface area contributed by atoms with Crippen LogP contribution in [0, 0.1) is 0 Å². The third-order valence-electron chi connectivity index (χ3n) is 4.19. The summed E-state index contributed by atoms with van der Waals surface area (Å²) < 4.78 is 5.59. The number of nitrogens with two attached hydrogens (primary N) is 1. The van der Waals surface area contributed by atoms with Gasteiger partial charge in [0, 0.05) is 22.2 Å². The van der Waals surface area contributed by atoms with Gasteiger partial charge in [0.2, 0.25) is 5.95 Å². The molecule has 3 rings (SSSR count). The first-order chi connectivity index (χ1) is 13.3. The molecule has 146 valence electrons. The summed E-state index contributed by atoms with van der Waals surface area (Å²) in [6.07, 6.45) is 0. The Morgan fingerprint density at radius 1 is 1.39 bits per heavy atom. The molecule has 0 saturated heterocycles. The minimum absolute atomic E-state index is 0.0278. The number of carbonyl (C=O) groups is 1. The molecule has 3 N–H and O–H groups in total. The summed E-state index contributed by atoms with van der Waals surface area (Å²) >= 11 is 12.1. The van der Waals surface area contributed by atoms with Crippen LogP contribution in [-0.4, -0.2) is 47.3 Å². The lowest BCUT2D eigenvalue weighted by Crippen LogP contribution is -2.40. The number of rotatable bonds is 5.